The van der Waals surface area contributed by atoms with E-state index in [2.05, 4.69) is 19.2 Å². The van der Waals surface area contributed by atoms with E-state index in [1.807, 2.05) is 29.6 Å². The number of hydrogen-bond acceptors (Lipinski definition) is 3. The lowest BCUT2D eigenvalue weighted by molar-refractivity contribution is 0.103. The number of nitrogens with one attached hydrogen (secondary N) is 1. The maximum atomic E-state index is 12.4. The summed E-state index contributed by atoms with van der Waals surface area (Å²) < 4.78 is 5.81. The second kappa shape index (κ2) is 8.12. The van der Waals surface area contributed by atoms with Crippen LogP contribution in [0.1, 0.15) is 26.4 Å². The summed E-state index contributed by atoms with van der Waals surface area (Å²) in [7, 11) is 0. The number of thiophene rings is 1. The number of halogens is 2. The molecule has 1 amide bonds. The van der Waals surface area contributed by atoms with Gasteiger partial charge in [-0.2, -0.15) is 0 Å². The highest BCUT2D eigenvalue weighted by molar-refractivity contribution is 7.12. The Balaban J connectivity index is 1.64. The third-order valence-corrected chi connectivity index (χ3v) is 5.76. The smallest absolute Gasteiger partial charge is 0.265 e. The van der Waals surface area contributed by atoms with Crippen LogP contribution in [0.4, 0.5) is 5.69 Å². The van der Waals surface area contributed by atoms with Crippen LogP contribution in [-0.4, -0.2) is 5.91 Å². The van der Waals surface area contributed by atoms with E-state index < -0.39 is 0 Å². The monoisotopic (exact) mass is 405 g/mol. The minimum absolute atomic E-state index is 0.225. The molecule has 0 unspecified atom stereocenters. The van der Waals surface area contributed by atoms with Crippen molar-refractivity contribution in [2.24, 2.45) is 0 Å². The summed E-state index contributed by atoms with van der Waals surface area (Å²) in [6.45, 7) is 4.52. The molecule has 0 radical (unpaired) electrons. The molecular weight excluding hydrogens is 389 g/mol. The van der Waals surface area contributed by atoms with Crippen molar-refractivity contribution in [1.29, 1.82) is 0 Å². The number of amides is 1. The number of carbonyl (C=O) groups is 1. The molecule has 0 bridgehead atoms. The fourth-order valence-electron chi connectivity index (χ4n) is 2.32. The fourth-order valence-corrected chi connectivity index (χ4v) is 3.46. The van der Waals surface area contributed by atoms with Gasteiger partial charge in [0.15, 0.2) is 0 Å². The van der Waals surface area contributed by atoms with Gasteiger partial charge in [-0.3, -0.25) is 4.79 Å². The molecule has 6 heteroatoms. The van der Waals surface area contributed by atoms with Crippen LogP contribution >= 0.6 is 34.5 Å². The van der Waals surface area contributed by atoms with Crippen molar-refractivity contribution in [2.75, 3.05) is 5.32 Å². The predicted molar refractivity (Wildman–Crippen MR) is 109 cm³/mol. The highest BCUT2D eigenvalue weighted by Gasteiger charge is 2.13. The van der Waals surface area contributed by atoms with Crippen LogP contribution in [0, 0.1) is 13.8 Å². The van der Waals surface area contributed by atoms with Gasteiger partial charge >= 0.3 is 0 Å². The Hall–Kier alpha value is -2.01. The number of carbonyl (C=O) groups excluding carboxylic acids is 1. The normalized spacial score (nSPS) is 10.6. The molecule has 1 aromatic heterocycles. The first-order valence-corrected chi connectivity index (χ1v) is 9.60. The molecule has 3 rings (SSSR count). The van der Waals surface area contributed by atoms with Crippen molar-refractivity contribution < 1.29 is 9.53 Å². The van der Waals surface area contributed by atoms with Crippen LogP contribution in [-0.2, 0) is 6.61 Å². The van der Waals surface area contributed by atoms with Crippen LogP contribution in [0.3, 0.4) is 0 Å². The maximum Gasteiger partial charge on any atom is 0.265 e. The Morgan fingerprint density at radius 2 is 1.92 bits per heavy atom. The minimum atomic E-state index is -0.225. The molecule has 0 atom stereocenters. The van der Waals surface area contributed by atoms with Crippen LogP contribution in [0.2, 0.25) is 10.0 Å². The molecule has 0 saturated carbocycles. The number of anilines is 1. The van der Waals surface area contributed by atoms with Gasteiger partial charge in [0.25, 0.3) is 5.91 Å². The maximum absolute atomic E-state index is 12.4. The largest absolute Gasteiger partial charge is 0.489 e. The van der Waals surface area contributed by atoms with Gasteiger partial charge in [0.1, 0.15) is 12.4 Å². The van der Waals surface area contributed by atoms with Crippen molar-refractivity contribution in [3.63, 3.8) is 0 Å². The van der Waals surface area contributed by atoms with Gasteiger partial charge in [-0.25, -0.2) is 0 Å². The summed E-state index contributed by atoms with van der Waals surface area (Å²) in [4.78, 5) is 13.0. The van der Waals surface area contributed by atoms with Crippen molar-refractivity contribution in [2.45, 2.75) is 20.5 Å². The minimum Gasteiger partial charge on any atom is -0.489 e. The fraction of sp³-hybridized carbons (Fsp3) is 0.150. The van der Waals surface area contributed by atoms with Gasteiger partial charge < -0.3 is 10.1 Å². The van der Waals surface area contributed by atoms with Gasteiger partial charge in [-0.1, -0.05) is 35.3 Å². The van der Waals surface area contributed by atoms with E-state index in [9.17, 15) is 4.79 Å². The molecular formula is C20H17Cl2NO2S. The van der Waals surface area contributed by atoms with E-state index in [0.717, 1.165) is 11.3 Å². The number of hydrogen-bond donors (Lipinski definition) is 1. The summed E-state index contributed by atoms with van der Waals surface area (Å²) in [5.41, 5.74) is 3.85. The summed E-state index contributed by atoms with van der Waals surface area (Å²) in [6.07, 6.45) is 0. The molecule has 0 saturated heterocycles. The Morgan fingerprint density at radius 3 is 2.69 bits per heavy atom. The molecule has 0 aliphatic heterocycles. The number of aryl methyl sites for hydroxylation is 2. The van der Waals surface area contributed by atoms with Crippen LogP contribution in [0.5, 0.6) is 5.75 Å². The summed E-state index contributed by atoms with van der Waals surface area (Å²) in [5, 5.41) is 5.43. The first-order chi connectivity index (χ1) is 12.4. The molecule has 0 aliphatic rings. The Bertz CT molecular complexity index is 953. The quantitative estimate of drug-likeness (QED) is 0.525. The second-order valence-electron chi connectivity index (χ2n) is 5.91. The molecule has 134 valence electrons. The standard InChI is InChI=1S/C20H17Cl2NO2S/c1-12-6-7-15(8-13(12)2)25-10-14-9-18(26-11-14)20(24)23-17-5-3-4-16(21)19(17)22/h3-9,11H,10H2,1-2H3,(H,23,24). The Labute approximate surface area is 166 Å². The van der Waals surface area contributed by atoms with E-state index in [-0.39, 0.29) is 5.91 Å². The zero-order valence-corrected chi connectivity index (χ0v) is 16.6. The Kier molecular flexibility index (Phi) is 5.87. The van der Waals surface area contributed by atoms with Crippen molar-refractivity contribution in [3.05, 3.63) is 79.5 Å². The zero-order chi connectivity index (χ0) is 18.7. The molecule has 1 N–H and O–H groups in total. The lowest BCUT2D eigenvalue weighted by Crippen LogP contribution is -2.10. The van der Waals surface area contributed by atoms with Gasteiger partial charge in [0.05, 0.1) is 20.6 Å². The molecule has 1 heterocycles. The van der Waals surface area contributed by atoms with E-state index in [1.54, 1.807) is 18.2 Å². The summed E-state index contributed by atoms with van der Waals surface area (Å²) in [6, 6.07) is 12.9. The van der Waals surface area contributed by atoms with E-state index >= 15 is 0 Å². The SMILES string of the molecule is Cc1ccc(OCc2csc(C(=O)Nc3cccc(Cl)c3Cl)c2)cc1C. The molecule has 26 heavy (non-hydrogen) atoms. The third-order valence-electron chi connectivity index (χ3n) is 3.96. The van der Waals surface area contributed by atoms with Crippen LogP contribution < -0.4 is 10.1 Å². The summed E-state index contributed by atoms with van der Waals surface area (Å²) in [5.74, 6) is 0.590. The van der Waals surface area contributed by atoms with Gasteiger partial charge in [0.2, 0.25) is 0 Å². The average Bonchev–Trinajstić information content (AvgIpc) is 3.09. The highest BCUT2D eigenvalue weighted by atomic mass is 35.5. The number of benzene rings is 2. The van der Waals surface area contributed by atoms with E-state index in [0.29, 0.717) is 27.2 Å². The van der Waals surface area contributed by atoms with Crippen LogP contribution in [0.15, 0.2) is 47.8 Å². The molecule has 0 aliphatic carbocycles. The highest BCUT2D eigenvalue weighted by Crippen LogP contribution is 2.30. The average molecular weight is 406 g/mol. The molecule has 3 nitrogen and oxygen atoms in total. The first kappa shape index (κ1) is 18.8. The Morgan fingerprint density at radius 1 is 1.12 bits per heavy atom. The van der Waals surface area contributed by atoms with E-state index in [4.69, 9.17) is 27.9 Å². The molecule has 0 spiro atoms. The number of ether oxygens (including phenoxy) is 1. The van der Waals surface area contributed by atoms with Crippen molar-refractivity contribution in [1.82, 2.24) is 0 Å². The lowest BCUT2D eigenvalue weighted by Gasteiger charge is -2.07. The van der Waals surface area contributed by atoms with Gasteiger partial charge in [0, 0.05) is 5.56 Å². The number of rotatable bonds is 5. The van der Waals surface area contributed by atoms with Gasteiger partial charge in [-0.15, -0.1) is 11.3 Å². The van der Waals surface area contributed by atoms with Crippen LogP contribution in [0.25, 0.3) is 0 Å². The zero-order valence-electron chi connectivity index (χ0n) is 14.3. The van der Waals surface area contributed by atoms with E-state index in [1.165, 1.54) is 22.5 Å². The predicted octanol–water partition coefficient (Wildman–Crippen LogP) is 6.50. The van der Waals surface area contributed by atoms with Crippen molar-refractivity contribution in [3.8, 4) is 5.75 Å². The molecule has 0 fully saturated rings. The van der Waals surface area contributed by atoms with Gasteiger partial charge in [-0.05, 0) is 60.7 Å². The first-order valence-electron chi connectivity index (χ1n) is 7.97. The topological polar surface area (TPSA) is 38.3 Å². The summed E-state index contributed by atoms with van der Waals surface area (Å²) >= 11 is 13.4. The second-order valence-corrected chi connectivity index (χ2v) is 7.61. The van der Waals surface area contributed by atoms with Crippen molar-refractivity contribution >= 4 is 46.1 Å². The third kappa shape index (κ3) is 4.39. The molecule has 2 aromatic carbocycles. The molecule has 3 aromatic rings. The lowest BCUT2D eigenvalue weighted by atomic mass is 10.1.